The molecular weight excluding hydrogens is 308 g/mol. The van der Waals surface area contributed by atoms with Gasteiger partial charge in [0, 0.05) is 31.4 Å². The second-order valence-electron chi connectivity index (χ2n) is 5.12. The number of carbonyl (C=O) groups excluding carboxylic acids is 1. The summed E-state index contributed by atoms with van der Waals surface area (Å²) in [5.74, 6) is 1.15. The van der Waals surface area contributed by atoms with E-state index in [-0.39, 0.29) is 5.91 Å². The predicted octanol–water partition coefficient (Wildman–Crippen LogP) is 2.33. The zero-order valence-corrected chi connectivity index (χ0v) is 14.4. The third-order valence-electron chi connectivity index (χ3n) is 3.45. The van der Waals surface area contributed by atoms with Crippen LogP contribution in [0.25, 0.3) is 0 Å². The van der Waals surface area contributed by atoms with E-state index in [1.165, 1.54) is 4.68 Å². The molecule has 0 saturated heterocycles. The number of benzene rings is 1. The van der Waals surface area contributed by atoms with E-state index in [0.717, 1.165) is 12.0 Å². The summed E-state index contributed by atoms with van der Waals surface area (Å²) in [6.45, 7) is 2.61. The number of rotatable bonds is 7. The molecule has 1 heterocycles. The van der Waals surface area contributed by atoms with E-state index in [1.54, 1.807) is 39.7 Å². The zero-order chi connectivity index (χ0) is 17.5. The van der Waals surface area contributed by atoms with Gasteiger partial charge >= 0.3 is 0 Å². The molecule has 0 radical (unpaired) electrons. The molecule has 0 fully saturated rings. The molecule has 24 heavy (non-hydrogen) atoms. The number of aromatic nitrogens is 2. The quantitative estimate of drug-likeness (QED) is 0.790. The van der Waals surface area contributed by atoms with Gasteiger partial charge in [-0.15, -0.1) is 0 Å². The van der Waals surface area contributed by atoms with Crippen LogP contribution < -0.4 is 14.8 Å². The Morgan fingerprint density at radius 1 is 1.38 bits per heavy atom. The van der Waals surface area contributed by atoms with Crippen molar-refractivity contribution in [1.82, 2.24) is 15.1 Å². The fourth-order valence-corrected chi connectivity index (χ4v) is 2.17. The number of aryl methyl sites for hydroxylation is 1. The minimum Gasteiger partial charge on any atom is -0.497 e. The third kappa shape index (κ3) is 3.92. The topological polar surface area (TPSA) is 77.7 Å². The number of carbonyl (C=O) groups is 1. The maximum atomic E-state index is 12.2. The van der Waals surface area contributed by atoms with Gasteiger partial charge in [0.1, 0.15) is 17.2 Å². The van der Waals surface area contributed by atoms with Crippen LogP contribution in [0.3, 0.4) is 0 Å². The Hall–Kier alpha value is -2.83. The summed E-state index contributed by atoms with van der Waals surface area (Å²) >= 11 is 0. The lowest BCUT2D eigenvalue weighted by Crippen LogP contribution is -2.26. The first-order valence-electron chi connectivity index (χ1n) is 7.67. The SMILES string of the molecule is CCCNC(=O)c1c(N=Cc2ccc(OC)cc2OC)cnn1C. The van der Waals surface area contributed by atoms with Gasteiger partial charge < -0.3 is 14.8 Å². The van der Waals surface area contributed by atoms with Gasteiger partial charge in [0.05, 0.1) is 20.4 Å². The van der Waals surface area contributed by atoms with Crippen molar-refractivity contribution < 1.29 is 14.3 Å². The fourth-order valence-electron chi connectivity index (χ4n) is 2.17. The molecule has 0 aliphatic rings. The van der Waals surface area contributed by atoms with Crippen molar-refractivity contribution in [2.75, 3.05) is 20.8 Å². The second-order valence-corrected chi connectivity index (χ2v) is 5.12. The van der Waals surface area contributed by atoms with E-state index in [1.807, 2.05) is 19.1 Å². The summed E-state index contributed by atoms with van der Waals surface area (Å²) < 4.78 is 12.0. The molecule has 0 bridgehead atoms. The predicted molar refractivity (Wildman–Crippen MR) is 92.6 cm³/mol. The summed E-state index contributed by atoms with van der Waals surface area (Å²) in [7, 11) is 4.90. The molecule has 0 aliphatic carbocycles. The van der Waals surface area contributed by atoms with Gasteiger partial charge in [-0.2, -0.15) is 5.10 Å². The van der Waals surface area contributed by atoms with Crippen LogP contribution in [-0.2, 0) is 7.05 Å². The lowest BCUT2D eigenvalue weighted by Gasteiger charge is -2.07. The molecule has 2 aromatic rings. The number of ether oxygens (including phenoxy) is 2. The highest BCUT2D eigenvalue weighted by atomic mass is 16.5. The summed E-state index contributed by atoms with van der Waals surface area (Å²) in [5.41, 5.74) is 1.71. The van der Waals surface area contributed by atoms with Crippen molar-refractivity contribution in [2.45, 2.75) is 13.3 Å². The van der Waals surface area contributed by atoms with Gasteiger partial charge in [-0.25, -0.2) is 0 Å². The van der Waals surface area contributed by atoms with Crippen molar-refractivity contribution in [3.8, 4) is 11.5 Å². The van der Waals surface area contributed by atoms with Crippen LogP contribution in [0.2, 0.25) is 0 Å². The highest BCUT2D eigenvalue weighted by Crippen LogP contribution is 2.24. The summed E-state index contributed by atoms with van der Waals surface area (Å²) in [5, 5.41) is 6.96. The van der Waals surface area contributed by atoms with Crippen molar-refractivity contribution >= 4 is 17.8 Å². The number of nitrogens with one attached hydrogen (secondary N) is 1. The monoisotopic (exact) mass is 330 g/mol. The first-order valence-corrected chi connectivity index (χ1v) is 7.67. The number of hydrogen-bond donors (Lipinski definition) is 1. The van der Waals surface area contributed by atoms with Gasteiger partial charge in [0.2, 0.25) is 0 Å². The van der Waals surface area contributed by atoms with Crippen LogP contribution in [-0.4, -0.2) is 42.7 Å². The second kappa shape index (κ2) is 8.14. The van der Waals surface area contributed by atoms with Crippen LogP contribution in [0.15, 0.2) is 29.4 Å². The molecule has 1 N–H and O–H groups in total. The molecular formula is C17H22N4O3. The standard InChI is InChI=1S/C17H22N4O3/c1-5-8-18-17(22)16-14(11-20-21(16)2)19-10-12-6-7-13(23-3)9-15(12)24-4/h6-7,9-11H,5,8H2,1-4H3,(H,18,22). The van der Waals surface area contributed by atoms with E-state index in [4.69, 9.17) is 9.47 Å². The zero-order valence-electron chi connectivity index (χ0n) is 14.4. The lowest BCUT2D eigenvalue weighted by atomic mass is 10.2. The Bertz CT molecular complexity index is 737. The Morgan fingerprint density at radius 2 is 2.17 bits per heavy atom. The molecule has 0 saturated carbocycles. The van der Waals surface area contributed by atoms with Crippen molar-refractivity contribution in [3.05, 3.63) is 35.7 Å². The van der Waals surface area contributed by atoms with E-state index >= 15 is 0 Å². The molecule has 0 unspecified atom stereocenters. The molecule has 1 aromatic heterocycles. The first kappa shape index (κ1) is 17.5. The number of amides is 1. The summed E-state index contributed by atoms with van der Waals surface area (Å²) in [4.78, 5) is 16.6. The van der Waals surface area contributed by atoms with Crippen molar-refractivity contribution in [3.63, 3.8) is 0 Å². The van der Waals surface area contributed by atoms with Gasteiger partial charge in [-0.05, 0) is 18.6 Å². The van der Waals surface area contributed by atoms with Gasteiger partial charge in [-0.1, -0.05) is 6.92 Å². The number of nitrogens with zero attached hydrogens (tertiary/aromatic N) is 3. The minimum atomic E-state index is -0.189. The third-order valence-corrected chi connectivity index (χ3v) is 3.45. The highest BCUT2D eigenvalue weighted by Gasteiger charge is 2.15. The van der Waals surface area contributed by atoms with Gasteiger partial charge in [0.25, 0.3) is 5.91 Å². The normalized spacial score (nSPS) is 10.8. The van der Waals surface area contributed by atoms with Crippen LogP contribution in [0.1, 0.15) is 29.4 Å². The number of aliphatic imine (C=N–C) groups is 1. The van der Waals surface area contributed by atoms with Crippen molar-refractivity contribution in [2.24, 2.45) is 12.0 Å². The van der Waals surface area contributed by atoms with E-state index in [2.05, 4.69) is 15.4 Å². The molecule has 128 valence electrons. The Kier molecular flexibility index (Phi) is 5.95. The maximum absolute atomic E-state index is 12.2. The number of hydrogen-bond acceptors (Lipinski definition) is 5. The van der Waals surface area contributed by atoms with Crippen LogP contribution in [0.5, 0.6) is 11.5 Å². The van der Waals surface area contributed by atoms with Crippen molar-refractivity contribution in [1.29, 1.82) is 0 Å². The van der Waals surface area contributed by atoms with Crippen LogP contribution in [0, 0.1) is 0 Å². The molecule has 0 spiro atoms. The van der Waals surface area contributed by atoms with E-state index in [0.29, 0.717) is 29.4 Å². The summed E-state index contributed by atoms with van der Waals surface area (Å²) in [6, 6.07) is 5.44. The average molecular weight is 330 g/mol. The van der Waals surface area contributed by atoms with E-state index < -0.39 is 0 Å². The smallest absolute Gasteiger partial charge is 0.271 e. The Balaban J connectivity index is 2.28. The average Bonchev–Trinajstić information content (AvgIpc) is 2.98. The Morgan fingerprint density at radius 3 is 2.83 bits per heavy atom. The Labute approximate surface area is 141 Å². The van der Waals surface area contributed by atoms with Crippen LogP contribution in [0.4, 0.5) is 5.69 Å². The largest absolute Gasteiger partial charge is 0.497 e. The fraction of sp³-hybridized carbons (Fsp3) is 0.353. The molecule has 7 heteroatoms. The van der Waals surface area contributed by atoms with Gasteiger partial charge in [-0.3, -0.25) is 14.5 Å². The maximum Gasteiger partial charge on any atom is 0.271 e. The number of methoxy groups -OCH3 is 2. The minimum absolute atomic E-state index is 0.189. The molecule has 1 amide bonds. The van der Waals surface area contributed by atoms with E-state index in [9.17, 15) is 4.79 Å². The lowest BCUT2D eigenvalue weighted by molar-refractivity contribution is 0.0945. The molecule has 1 aromatic carbocycles. The van der Waals surface area contributed by atoms with Gasteiger partial charge in [0.15, 0.2) is 5.69 Å². The first-order chi connectivity index (χ1) is 11.6. The highest BCUT2D eigenvalue weighted by molar-refractivity contribution is 5.98. The van der Waals surface area contributed by atoms with Crippen LogP contribution >= 0.6 is 0 Å². The molecule has 2 rings (SSSR count). The summed E-state index contributed by atoms with van der Waals surface area (Å²) in [6.07, 6.45) is 4.07. The molecule has 7 nitrogen and oxygen atoms in total. The molecule has 0 aliphatic heterocycles. The molecule has 0 atom stereocenters.